The molecule has 3 atom stereocenters. The van der Waals surface area contributed by atoms with Crippen molar-refractivity contribution in [3.05, 3.63) is 35.9 Å². The molecule has 2 fully saturated rings. The van der Waals surface area contributed by atoms with Crippen LogP contribution in [0, 0.1) is 5.92 Å². The number of amides is 1. The average Bonchev–Trinajstić information content (AvgIpc) is 3.10. The highest BCUT2D eigenvalue weighted by Gasteiger charge is 2.29. The molecule has 3 rings (SSSR count). The number of nitrogens with zero attached hydrogens (tertiary/aromatic N) is 1. The Kier molecular flexibility index (Phi) is 6.24. The van der Waals surface area contributed by atoms with Gasteiger partial charge in [-0.3, -0.25) is 4.79 Å². The van der Waals surface area contributed by atoms with Crippen molar-refractivity contribution in [3.8, 4) is 0 Å². The third kappa shape index (κ3) is 4.56. The Balaban J connectivity index is 1.45. The van der Waals surface area contributed by atoms with Gasteiger partial charge in [0.1, 0.15) is 0 Å². The van der Waals surface area contributed by atoms with Crippen LogP contribution in [0.2, 0.25) is 0 Å². The van der Waals surface area contributed by atoms with Crippen LogP contribution in [0.4, 0.5) is 0 Å². The Bertz CT molecular complexity index is 517. The molecule has 5 nitrogen and oxygen atoms in total. The number of hydrogen-bond donors (Lipinski definition) is 1. The van der Waals surface area contributed by atoms with Gasteiger partial charge in [-0.15, -0.1) is 0 Å². The molecule has 3 unspecified atom stereocenters. The van der Waals surface area contributed by atoms with Crippen LogP contribution in [0.25, 0.3) is 0 Å². The fourth-order valence-electron chi connectivity index (χ4n) is 3.48. The predicted octanol–water partition coefficient (Wildman–Crippen LogP) is 1.99. The Labute approximate surface area is 144 Å². The summed E-state index contributed by atoms with van der Waals surface area (Å²) < 4.78 is 11.2. The monoisotopic (exact) mass is 332 g/mol. The van der Waals surface area contributed by atoms with E-state index >= 15 is 0 Å². The summed E-state index contributed by atoms with van der Waals surface area (Å²) in [4.78, 5) is 14.2. The molecule has 0 aromatic heterocycles. The Morgan fingerprint density at radius 2 is 2.00 bits per heavy atom. The molecular formula is C19H28N2O3. The second-order valence-electron chi connectivity index (χ2n) is 6.76. The fraction of sp³-hybridized carbons (Fsp3) is 0.632. The van der Waals surface area contributed by atoms with E-state index in [0.717, 1.165) is 32.7 Å². The Morgan fingerprint density at radius 1 is 1.25 bits per heavy atom. The first kappa shape index (κ1) is 17.4. The molecular weight excluding hydrogens is 304 g/mol. The van der Waals surface area contributed by atoms with Gasteiger partial charge in [0, 0.05) is 44.6 Å². The number of ether oxygens (including phenoxy) is 2. The number of rotatable bonds is 6. The first-order chi connectivity index (χ1) is 11.7. The molecule has 0 radical (unpaired) electrons. The molecule has 24 heavy (non-hydrogen) atoms. The van der Waals surface area contributed by atoms with Crippen LogP contribution in [-0.2, 0) is 14.3 Å². The van der Waals surface area contributed by atoms with Crippen LogP contribution in [-0.4, -0.2) is 56.3 Å². The van der Waals surface area contributed by atoms with Crippen LogP contribution >= 0.6 is 0 Å². The summed E-state index contributed by atoms with van der Waals surface area (Å²) in [6.45, 7) is 6.55. The van der Waals surface area contributed by atoms with Crippen molar-refractivity contribution >= 4 is 5.91 Å². The summed E-state index contributed by atoms with van der Waals surface area (Å²) in [5.41, 5.74) is 1.25. The topological polar surface area (TPSA) is 50.8 Å². The van der Waals surface area contributed by atoms with E-state index in [2.05, 4.69) is 36.5 Å². The van der Waals surface area contributed by atoms with Crippen LogP contribution in [0.5, 0.6) is 0 Å². The van der Waals surface area contributed by atoms with E-state index in [1.54, 1.807) is 0 Å². The lowest BCUT2D eigenvalue weighted by Gasteiger charge is -2.28. The highest BCUT2D eigenvalue weighted by Crippen LogP contribution is 2.33. The molecule has 2 heterocycles. The van der Waals surface area contributed by atoms with E-state index in [-0.39, 0.29) is 18.1 Å². The van der Waals surface area contributed by atoms with Crippen molar-refractivity contribution in [1.29, 1.82) is 0 Å². The summed E-state index contributed by atoms with van der Waals surface area (Å²) in [6.07, 6.45) is 1.78. The molecule has 1 N–H and O–H groups in total. The lowest BCUT2D eigenvalue weighted by Crippen LogP contribution is -2.43. The minimum absolute atomic E-state index is 0.167. The van der Waals surface area contributed by atoms with Gasteiger partial charge in [0.15, 0.2) is 0 Å². The molecule has 2 aliphatic rings. The molecule has 1 aromatic rings. The number of nitrogens with one attached hydrogen (secondary N) is 1. The summed E-state index contributed by atoms with van der Waals surface area (Å²) in [5.74, 6) is 0.689. The summed E-state index contributed by atoms with van der Waals surface area (Å²) >= 11 is 0. The highest BCUT2D eigenvalue weighted by atomic mass is 16.5. The third-order valence-electron chi connectivity index (χ3n) is 4.92. The van der Waals surface area contributed by atoms with Crippen molar-refractivity contribution in [3.63, 3.8) is 0 Å². The minimum Gasteiger partial charge on any atom is -0.378 e. The molecule has 1 aromatic carbocycles. The van der Waals surface area contributed by atoms with Crippen LogP contribution in [0.1, 0.15) is 31.4 Å². The number of hydrogen-bond acceptors (Lipinski definition) is 4. The summed E-state index contributed by atoms with van der Waals surface area (Å²) in [6, 6.07) is 10.6. The summed E-state index contributed by atoms with van der Waals surface area (Å²) in [7, 11) is 0. The van der Waals surface area contributed by atoms with Gasteiger partial charge in [-0.05, 0) is 18.9 Å². The fourth-order valence-corrected chi connectivity index (χ4v) is 3.48. The van der Waals surface area contributed by atoms with Crippen molar-refractivity contribution in [2.45, 2.75) is 31.9 Å². The zero-order chi connectivity index (χ0) is 16.8. The van der Waals surface area contributed by atoms with Gasteiger partial charge in [-0.25, -0.2) is 0 Å². The van der Waals surface area contributed by atoms with E-state index in [9.17, 15) is 4.79 Å². The maximum Gasteiger partial charge on any atom is 0.224 e. The van der Waals surface area contributed by atoms with Gasteiger partial charge in [0.2, 0.25) is 5.91 Å². The zero-order valence-electron chi connectivity index (χ0n) is 14.4. The Morgan fingerprint density at radius 3 is 2.75 bits per heavy atom. The van der Waals surface area contributed by atoms with Crippen molar-refractivity contribution < 1.29 is 14.3 Å². The molecule has 0 bridgehead atoms. The van der Waals surface area contributed by atoms with E-state index in [0.29, 0.717) is 25.6 Å². The maximum atomic E-state index is 12.3. The van der Waals surface area contributed by atoms with E-state index in [1.807, 2.05) is 11.0 Å². The van der Waals surface area contributed by atoms with Crippen molar-refractivity contribution in [2.24, 2.45) is 5.92 Å². The minimum atomic E-state index is 0.167. The van der Waals surface area contributed by atoms with Crippen molar-refractivity contribution in [1.82, 2.24) is 10.2 Å². The number of carbonyl (C=O) groups is 1. The zero-order valence-corrected chi connectivity index (χ0v) is 14.4. The standard InChI is InChI=1S/C19H28N2O3/c1-15(13-18(22)21-8-11-23-12-9-21)20-14-17-7-10-24-19(17)16-5-3-2-4-6-16/h2-6,15,17,19-20H,7-14H2,1H3. The first-order valence-corrected chi connectivity index (χ1v) is 8.99. The van der Waals surface area contributed by atoms with Crippen LogP contribution in [0.15, 0.2) is 30.3 Å². The van der Waals surface area contributed by atoms with Crippen molar-refractivity contribution in [2.75, 3.05) is 39.5 Å². The van der Waals surface area contributed by atoms with E-state index in [4.69, 9.17) is 9.47 Å². The largest absolute Gasteiger partial charge is 0.378 e. The normalized spacial score (nSPS) is 25.6. The first-order valence-electron chi connectivity index (χ1n) is 8.99. The van der Waals surface area contributed by atoms with E-state index in [1.165, 1.54) is 5.56 Å². The number of benzene rings is 1. The number of morpholine rings is 1. The smallest absolute Gasteiger partial charge is 0.224 e. The van der Waals surface area contributed by atoms with Crippen LogP contribution < -0.4 is 5.32 Å². The van der Waals surface area contributed by atoms with Gasteiger partial charge in [0.05, 0.1) is 19.3 Å². The molecule has 0 saturated carbocycles. The summed E-state index contributed by atoms with van der Waals surface area (Å²) in [5, 5.41) is 3.54. The molecule has 0 aliphatic carbocycles. The lowest BCUT2D eigenvalue weighted by molar-refractivity contribution is -0.135. The third-order valence-corrected chi connectivity index (χ3v) is 4.92. The quantitative estimate of drug-likeness (QED) is 0.866. The highest BCUT2D eigenvalue weighted by molar-refractivity contribution is 5.76. The molecule has 0 spiro atoms. The van der Waals surface area contributed by atoms with Crippen LogP contribution in [0.3, 0.4) is 0 Å². The second-order valence-corrected chi connectivity index (χ2v) is 6.76. The SMILES string of the molecule is CC(CC(=O)N1CCOCC1)NCC1CCOC1c1ccccc1. The maximum absolute atomic E-state index is 12.3. The number of carbonyl (C=O) groups excluding carboxylic acids is 1. The van der Waals surface area contributed by atoms with Gasteiger partial charge < -0.3 is 19.7 Å². The van der Waals surface area contributed by atoms with Gasteiger partial charge >= 0.3 is 0 Å². The Hall–Kier alpha value is -1.43. The molecule has 132 valence electrons. The molecule has 5 heteroatoms. The second kappa shape index (κ2) is 8.60. The molecule has 2 saturated heterocycles. The van der Waals surface area contributed by atoms with Gasteiger partial charge in [-0.1, -0.05) is 30.3 Å². The predicted molar refractivity (Wildman–Crippen MR) is 92.7 cm³/mol. The average molecular weight is 332 g/mol. The van der Waals surface area contributed by atoms with Gasteiger partial charge in [0.25, 0.3) is 0 Å². The lowest BCUT2D eigenvalue weighted by atomic mass is 9.95. The molecule has 1 amide bonds. The van der Waals surface area contributed by atoms with E-state index < -0.39 is 0 Å². The van der Waals surface area contributed by atoms with Gasteiger partial charge in [-0.2, -0.15) is 0 Å². The molecule has 2 aliphatic heterocycles.